The predicted octanol–water partition coefficient (Wildman–Crippen LogP) is -0.679. The van der Waals surface area contributed by atoms with Crippen LogP contribution in [0.25, 0.3) is 0 Å². The minimum Gasteiger partial charge on any atom is -0.463 e. The van der Waals surface area contributed by atoms with Gasteiger partial charge in [0.05, 0.1) is 13.8 Å². The molecular formula is C12H20N6O3. The van der Waals surface area contributed by atoms with Gasteiger partial charge in [0.2, 0.25) is 0 Å². The number of hydrogen-bond acceptors (Lipinski definition) is 6. The first-order chi connectivity index (χ1) is 10.0. The van der Waals surface area contributed by atoms with Crippen LogP contribution in [0.15, 0.2) is 6.33 Å². The normalized spacial score (nSPS) is 15.9. The fraction of sp³-hybridized carbons (Fsp3) is 0.667. The van der Waals surface area contributed by atoms with Crippen molar-refractivity contribution in [2.24, 2.45) is 0 Å². The Labute approximate surface area is 123 Å². The van der Waals surface area contributed by atoms with Crippen LogP contribution in [0.3, 0.4) is 0 Å². The largest absolute Gasteiger partial charge is 0.463 e. The maximum Gasteiger partial charge on any atom is 0.377 e. The molecule has 116 valence electrons. The highest BCUT2D eigenvalue weighted by molar-refractivity contribution is 5.84. The van der Waals surface area contributed by atoms with Crippen molar-refractivity contribution in [3.05, 3.63) is 12.2 Å². The summed E-state index contributed by atoms with van der Waals surface area (Å²) in [4.78, 5) is 32.5. The van der Waals surface area contributed by atoms with Crippen LogP contribution >= 0.6 is 0 Å². The Balaban J connectivity index is 1.85. The Morgan fingerprint density at radius 2 is 1.95 bits per heavy atom. The van der Waals surface area contributed by atoms with Gasteiger partial charge in [0.25, 0.3) is 5.82 Å². The molecule has 0 N–H and O–H groups in total. The van der Waals surface area contributed by atoms with Gasteiger partial charge in [0.1, 0.15) is 6.33 Å². The van der Waals surface area contributed by atoms with E-state index in [4.69, 9.17) is 0 Å². The quantitative estimate of drug-likeness (QED) is 0.687. The summed E-state index contributed by atoms with van der Waals surface area (Å²) in [5, 5.41) is 4.06. The molecule has 1 aliphatic heterocycles. The first kappa shape index (κ1) is 15.2. The fourth-order valence-corrected chi connectivity index (χ4v) is 2.12. The Morgan fingerprint density at radius 3 is 2.52 bits per heavy atom. The third-order valence-electron chi connectivity index (χ3n) is 3.27. The van der Waals surface area contributed by atoms with Crippen molar-refractivity contribution < 1.29 is 14.3 Å². The third kappa shape index (κ3) is 3.69. The second-order valence-corrected chi connectivity index (χ2v) is 5.02. The van der Waals surface area contributed by atoms with Crippen molar-refractivity contribution in [2.45, 2.75) is 6.67 Å². The van der Waals surface area contributed by atoms with E-state index in [0.717, 1.165) is 13.1 Å². The lowest BCUT2D eigenvalue weighted by atomic mass is 10.3. The first-order valence-electron chi connectivity index (χ1n) is 6.67. The van der Waals surface area contributed by atoms with Gasteiger partial charge in [-0.3, -0.25) is 4.90 Å². The molecule has 0 spiro atoms. The Morgan fingerprint density at radius 1 is 1.29 bits per heavy atom. The number of aromatic nitrogens is 3. The molecule has 1 saturated heterocycles. The van der Waals surface area contributed by atoms with Crippen molar-refractivity contribution in [1.82, 2.24) is 29.5 Å². The van der Waals surface area contributed by atoms with Crippen molar-refractivity contribution in [3.8, 4) is 0 Å². The van der Waals surface area contributed by atoms with E-state index < -0.39 is 5.97 Å². The van der Waals surface area contributed by atoms with Gasteiger partial charge in [-0.05, 0) is 0 Å². The minimum atomic E-state index is -0.546. The summed E-state index contributed by atoms with van der Waals surface area (Å²) >= 11 is 0. The summed E-state index contributed by atoms with van der Waals surface area (Å²) in [6.07, 6.45) is 1.50. The monoisotopic (exact) mass is 296 g/mol. The molecule has 1 aliphatic rings. The van der Waals surface area contributed by atoms with E-state index in [2.05, 4.69) is 19.7 Å². The highest BCUT2D eigenvalue weighted by Gasteiger charge is 2.22. The SMILES string of the molecule is COC(=O)c1ncn(CN2CCN(C(=O)N(C)C)CC2)n1. The van der Waals surface area contributed by atoms with Crippen LogP contribution in [0.1, 0.15) is 10.6 Å². The maximum absolute atomic E-state index is 11.8. The zero-order valence-corrected chi connectivity index (χ0v) is 12.5. The average molecular weight is 296 g/mol. The van der Waals surface area contributed by atoms with E-state index in [1.54, 1.807) is 23.7 Å². The van der Waals surface area contributed by atoms with Gasteiger partial charge in [0, 0.05) is 40.3 Å². The van der Waals surface area contributed by atoms with Crippen LogP contribution < -0.4 is 0 Å². The Hall–Kier alpha value is -2.16. The standard InChI is InChI=1S/C12H20N6O3/c1-15(2)12(20)17-6-4-16(5-7-17)9-18-8-13-10(14-18)11(19)21-3/h8H,4-7,9H2,1-3H3. The van der Waals surface area contributed by atoms with E-state index in [1.165, 1.54) is 13.4 Å². The first-order valence-corrected chi connectivity index (χ1v) is 6.67. The van der Waals surface area contributed by atoms with E-state index in [9.17, 15) is 9.59 Å². The molecule has 2 amide bonds. The second-order valence-electron chi connectivity index (χ2n) is 5.02. The molecule has 1 aromatic heterocycles. The smallest absolute Gasteiger partial charge is 0.377 e. The molecule has 0 unspecified atom stereocenters. The number of nitrogens with zero attached hydrogens (tertiary/aromatic N) is 6. The lowest BCUT2D eigenvalue weighted by Gasteiger charge is -2.35. The highest BCUT2D eigenvalue weighted by Crippen LogP contribution is 2.05. The average Bonchev–Trinajstić information content (AvgIpc) is 2.95. The molecule has 1 aromatic rings. The molecular weight excluding hydrogens is 276 g/mol. The minimum absolute atomic E-state index is 0.0309. The van der Waals surface area contributed by atoms with Crippen molar-refractivity contribution >= 4 is 12.0 Å². The molecule has 9 heteroatoms. The third-order valence-corrected chi connectivity index (χ3v) is 3.27. The number of urea groups is 1. The Kier molecular flexibility index (Phi) is 4.73. The zero-order valence-electron chi connectivity index (χ0n) is 12.5. The predicted molar refractivity (Wildman–Crippen MR) is 73.6 cm³/mol. The van der Waals surface area contributed by atoms with E-state index in [1.807, 2.05) is 4.90 Å². The van der Waals surface area contributed by atoms with E-state index >= 15 is 0 Å². The highest BCUT2D eigenvalue weighted by atomic mass is 16.5. The molecule has 2 heterocycles. The van der Waals surface area contributed by atoms with E-state index in [-0.39, 0.29) is 11.9 Å². The van der Waals surface area contributed by atoms with Gasteiger partial charge < -0.3 is 14.5 Å². The molecule has 9 nitrogen and oxygen atoms in total. The van der Waals surface area contributed by atoms with Gasteiger partial charge in [-0.25, -0.2) is 19.3 Å². The number of ether oxygens (including phenoxy) is 1. The summed E-state index contributed by atoms with van der Waals surface area (Å²) in [7, 11) is 4.79. The van der Waals surface area contributed by atoms with Crippen LogP contribution in [-0.2, 0) is 11.4 Å². The van der Waals surface area contributed by atoms with Gasteiger partial charge in [-0.2, -0.15) is 0 Å². The molecule has 0 atom stereocenters. The number of carbonyl (C=O) groups is 2. The molecule has 0 aromatic carbocycles. The van der Waals surface area contributed by atoms with Gasteiger partial charge >= 0.3 is 12.0 Å². The van der Waals surface area contributed by atoms with Gasteiger partial charge in [0.15, 0.2) is 0 Å². The number of carbonyl (C=O) groups excluding carboxylic acids is 2. The molecule has 2 rings (SSSR count). The summed E-state index contributed by atoms with van der Waals surface area (Å²) in [5.41, 5.74) is 0. The molecule has 0 saturated carbocycles. The molecule has 0 bridgehead atoms. The van der Waals surface area contributed by atoms with Crippen LogP contribution in [0, 0.1) is 0 Å². The van der Waals surface area contributed by atoms with Crippen LogP contribution in [0.4, 0.5) is 4.79 Å². The summed E-state index contributed by atoms with van der Waals surface area (Å²) in [5.74, 6) is -0.492. The van der Waals surface area contributed by atoms with Crippen molar-refractivity contribution in [2.75, 3.05) is 47.4 Å². The number of esters is 1. The lowest BCUT2D eigenvalue weighted by Crippen LogP contribution is -2.51. The number of amides is 2. The van der Waals surface area contributed by atoms with Gasteiger partial charge in [-0.15, -0.1) is 5.10 Å². The number of hydrogen-bond donors (Lipinski definition) is 0. The zero-order chi connectivity index (χ0) is 15.4. The number of piperazine rings is 1. The number of rotatable bonds is 3. The van der Waals surface area contributed by atoms with Crippen LogP contribution in [0.5, 0.6) is 0 Å². The lowest BCUT2D eigenvalue weighted by molar-refractivity contribution is 0.0584. The van der Waals surface area contributed by atoms with Crippen molar-refractivity contribution in [3.63, 3.8) is 0 Å². The summed E-state index contributed by atoms with van der Waals surface area (Å²) in [6.45, 7) is 3.40. The van der Waals surface area contributed by atoms with Crippen LogP contribution in [-0.4, -0.2) is 88.8 Å². The maximum atomic E-state index is 11.8. The molecule has 0 radical (unpaired) electrons. The Bertz CT molecular complexity index is 507. The second kappa shape index (κ2) is 6.53. The van der Waals surface area contributed by atoms with Crippen LogP contribution in [0.2, 0.25) is 0 Å². The topological polar surface area (TPSA) is 83.8 Å². The van der Waals surface area contributed by atoms with Gasteiger partial charge in [-0.1, -0.05) is 0 Å². The van der Waals surface area contributed by atoms with Crippen molar-refractivity contribution in [1.29, 1.82) is 0 Å². The number of methoxy groups -OCH3 is 1. The molecule has 21 heavy (non-hydrogen) atoms. The fourth-order valence-electron chi connectivity index (χ4n) is 2.12. The van der Waals surface area contributed by atoms with E-state index in [0.29, 0.717) is 19.8 Å². The summed E-state index contributed by atoms with van der Waals surface area (Å²) < 4.78 is 6.16. The summed E-state index contributed by atoms with van der Waals surface area (Å²) in [6, 6.07) is 0.0309. The molecule has 0 aliphatic carbocycles. The molecule has 1 fully saturated rings.